The van der Waals surface area contributed by atoms with Gasteiger partial charge in [-0.1, -0.05) is 26.0 Å². The summed E-state index contributed by atoms with van der Waals surface area (Å²) < 4.78 is 5.18. The van der Waals surface area contributed by atoms with Gasteiger partial charge in [0.2, 0.25) is 0 Å². The molecule has 0 saturated heterocycles. The second-order valence-corrected chi connectivity index (χ2v) is 4.60. The molecule has 0 bridgehead atoms. The third kappa shape index (κ3) is 4.67. The van der Waals surface area contributed by atoms with Crippen LogP contribution in [0.2, 0.25) is 0 Å². The maximum Gasteiger partial charge on any atom is 0.115 e. The molecule has 0 saturated carbocycles. The SMILES string of the molecule is CCC(CC)N(CCOC)Cc1cccc(O)c1. The lowest BCUT2D eigenvalue weighted by Gasteiger charge is -2.30. The molecule has 1 rings (SSSR count). The van der Waals surface area contributed by atoms with E-state index in [1.807, 2.05) is 12.1 Å². The van der Waals surface area contributed by atoms with Crippen LogP contribution in [0, 0.1) is 0 Å². The van der Waals surface area contributed by atoms with Crippen molar-refractivity contribution in [3.63, 3.8) is 0 Å². The highest BCUT2D eigenvalue weighted by molar-refractivity contribution is 5.27. The van der Waals surface area contributed by atoms with Gasteiger partial charge in [0.05, 0.1) is 6.61 Å². The molecule has 102 valence electrons. The second kappa shape index (κ2) is 8.11. The van der Waals surface area contributed by atoms with Gasteiger partial charge in [0.15, 0.2) is 0 Å². The van der Waals surface area contributed by atoms with Gasteiger partial charge in [-0.25, -0.2) is 0 Å². The zero-order chi connectivity index (χ0) is 13.4. The van der Waals surface area contributed by atoms with E-state index in [9.17, 15) is 5.11 Å². The summed E-state index contributed by atoms with van der Waals surface area (Å²) >= 11 is 0. The van der Waals surface area contributed by atoms with Gasteiger partial charge in [0.1, 0.15) is 5.75 Å². The van der Waals surface area contributed by atoms with Crippen molar-refractivity contribution in [1.82, 2.24) is 4.90 Å². The molecular formula is C15H25NO2. The Morgan fingerprint density at radius 2 is 2.00 bits per heavy atom. The molecule has 1 aromatic carbocycles. The van der Waals surface area contributed by atoms with Crippen LogP contribution in [0.4, 0.5) is 0 Å². The van der Waals surface area contributed by atoms with Crippen LogP contribution in [0.15, 0.2) is 24.3 Å². The highest BCUT2D eigenvalue weighted by Gasteiger charge is 2.15. The van der Waals surface area contributed by atoms with E-state index in [-0.39, 0.29) is 0 Å². The number of rotatable bonds is 8. The van der Waals surface area contributed by atoms with Crippen LogP contribution >= 0.6 is 0 Å². The van der Waals surface area contributed by atoms with Gasteiger partial charge in [-0.15, -0.1) is 0 Å². The maximum atomic E-state index is 9.51. The number of hydrogen-bond donors (Lipinski definition) is 1. The lowest BCUT2D eigenvalue weighted by atomic mass is 10.1. The number of aromatic hydroxyl groups is 1. The van der Waals surface area contributed by atoms with Gasteiger partial charge in [-0.2, -0.15) is 0 Å². The fourth-order valence-electron chi connectivity index (χ4n) is 2.29. The summed E-state index contributed by atoms with van der Waals surface area (Å²) in [6, 6.07) is 8.07. The lowest BCUT2D eigenvalue weighted by Crippen LogP contribution is -2.36. The van der Waals surface area contributed by atoms with Crippen LogP contribution in [0.3, 0.4) is 0 Å². The van der Waals surface area contributed by atoms with Crippen molar-refractivity contribution >= 4 is 0 Å². The number of benzene rings is 1. The van der Waals surface area contributed by atoms with Crippen LogP contribution in [-0.2, 0) is 11.3 Å². The number of phenolic OH excluding ortho intramolecular Hbond substituents is 1. The van der Waals surface area contributed by atoms with Crippen LogP contribution in [0.5, 0.6) is 5.75 Å². The molecule has 0 atom stereocenters. The zero-order valence-electron chi connectivity index (χ0n) is 11.7. The van der Waals surface area contributed by atoms with Crippen LogP contribution < -0.4 is 0 Å². The molecule has 0 heterocycles. The van der Waals surface area contributed by atoms with E-state index < -0.39 is 0 Å². The smallest absolute Gasteiger partial charge is 0.115 e. The highest BCUT2D eigenvalue weighted by atomic mass is 16.5. The number of phenols is 1. The summed E-state index contributed by atoms with van der Waals surface area (Å²) in [7, 11) is 1.74. The van der Waals surface area contributed by atoms with E-state index in [1.54, 1.807) is 13.2 Å². The van der Waals surface area contributed by atoms with Gasteiger partial charge in [0.25, 0.3) is 0 Å². The fourth-order valence-corrected chi connectivity index (χ4v) is 2.29. The van der Waals surface area contributed by atoms with E-state index in [1.165, 1.54) is 0 Å². The first kappa shape index (κ1) is 15.0. The first-order valence-electron chi connectivity index (χ1n) is 6.72. The van der Waals surface area contributed by atoms with E-state index in [4.69, 9.17) is 4.74 Å². The normalized spacial score (nSPS) is 11.4. The number of nitrogens with zero attached hydrogens (tertiary/aromatic N) is 1. The van der Waals surface area contributed by atoms with Crippen molar-refractivity contribution < 1.29 is 9.84 Å². The molecule has 1 aromatic rings. The monoisotopic (exact) mass is 251 g/mol. The van der Waals surface area contributed by atoms with Gasteiger partial charge >= 0.3 is 0 Å². The maximum absolute atomic E-state index is 9.51. The molecule has 0 unspecified atom stereocenters. The minimum absolute atomic E-state index is 0.337. The molecular weight excluding hydrogens is 226 g/mol. The minimum atomic E-state index is 0.337. The van der Waals surface area contributed by atoms with E-state index in [0.717, 1.165) is 38.1 Å². The summed E-state index contributed by atoms with van der Waals surface area (Å²) in [5.41, 5.74) is 1.15. The Kier molecular flexibility index (Phi) is 6.76. The molecule has 18 heavy (non-hydrogen) atoms. The van der Waals surface area contributed by atoms with E-state index >= 15 is 0 Å². The predicted molar refractivity (Wildman–Crippen MR) is 74.8 cm³/mol. The number of ether oxygens (including phenoxy) is 1. The third-order valence-corrected chi connectivity index (χ3v) is 3.34. The molecule has 3 heteroatoms. The molecule has 0 aromatic heterocycles. The lowest BCUT2D eigenvalue weighted by molar-refractivity contribution is 0.110. The Balaban J connectivity index is 2.70. The quantitative estimate of drug-likeness (QED) is 0.771. The van der Waals surface area contributed by atoms with Gasteiger partial charge in [-0.3, -0.25) is 4.90 Å². The molecule has 1 N–H and O–H groups in total. The topological polar surface area (TPSA) is 32.7 Å². The van der Waals surface area contributed by atoms with Crippen molar-refractivity contribution in [3.8, 4) is 5.75 Å². The van der Waals surface area contributed by atoms with Gasteiger partial charge in [-0.05, 0) is 30.5 Å². The molecule has 0 aliphatic rings. The van der Waals surface area contributed by atoms with Gasteiger partial charge in [0, 0.05) is 26.2 Å². The molecule has 3 nitrogen and oxygen atoms in total. The van der Waals surface area contributed by atoms with Crippen molar-refractivity contribution in [3.05, 3.63) is 29.8 Å². The molecule has 0 spiro atoms. The second-order valence-electron chi connectivity index (χ2n) is 4.60. The summed E-state index contributed by atoms with van der Waals surface area (Å²) in [4.78, 5) is 2.43. The van der Waals surface area contributed by atoms with Crippen molar-refractivity contribution in [2.45, 2.75) is 39.3 Å². The summed E-state index contributed by atoms with van der Waals surface area (Å²) in [5.74, 6) is 0.337. The third-order valence-electron chi connectivity index (χ3n) is 3.34. The average Bonchev–Trinajstić information content (AvgIpc) is 2.37. The van der Waals surface area contributed by atoms with Crippen LogP contribution in [0.25, 0.3) is 0 Å². The molecule has 0 fully saturated rings. The van der Waals surface area contributed by atoms with Gasteiger partial charge < -0.3 is 9.84 Å². The Bertz CT molecular complexity index is 337. The minimum Gasteiger partial charge on any atom is -0.508 e. The standard InChI is InChI=1S/C15H25NO2/c1-4-14(5-2)16(9-10-18-3)12-13-7-6-8-15(17)11-13/h6-8,11,14,17H,4-5,9-10,12H2,1-3H3. The Morgan fingerprint density at radius 1 is 1.28 bits per heavy atom. The molecule has 0 radical (unpaired) electrons. The average molecular weight is 251 g/mol. The van der Waals surface area contributed by atoms with E-state index in [2.05, 4.69) is 24.8 Å². The number of hydrogen-bond acceptors (Lipinski definition) is 3. The first-order chi connectivity index (χ1) is 8.71. The first-order valence-corrected chi connectivity index (χ1v) is 6.72. The molecule has 0 aliphatic heterocycles. The zero-order valence-corrected chi connectivity index (χ0v) is 11.7. The Hall–Kier alpha value is -1.06. The van der Waals surface area contributed by atoms with Crippen LogP contribution in [0.1, 0.15) is 32.3 Å². The summed E-state index contributed by atoms with van der Waals surface area (Å²) in [6.07, 6.45) is 2.28. The van der Waals surface area contributed by atoms with E-state index in [0.29, 0.717) is 11.8 Å². The fraction of sp³-hybridized carbons (Fsp3) is 0.600. The molecule has 0 aliphatic carbocycles. The Labute approximate surface area is 110 Å². The van der Waals surface area contributed by atoms with Crippen LogP contribution in [-0.4, -0.2) is 36.3 Å². The summed E-state index contributed by atoms with van der Waals surface area (Å²) in [5, 5.41) is 9.51. The van der Waals surface area contributed by atoms with Crippen molar-refractivity contribution in [2.24, 2.45) is 0 Å². The largest absolute Gasteiger partial charge is 0.508 e. The van der Waals surface area contributed by atoms with Crippen molar-refractivity contribution in [1.29, 1.82) is 0 Å². The summed E-state index contributed by atoms with van der Waals surface area (Å²) in [6.45, 7) is 6.98. The predicted octanol–water partition coefficient (Wildman–Crippen LogP) is 3.03. The molecule has 0 amide bonds. The Morgan fingerprint density at radius 3 is 2.56 bits per heavy atom. The van der Waals surface area contributed by atoms with Crippen molar-refractivity contribution in [2.75, 3.05) is 20.3 Å². The number of methoxy groups -OCH3 is 1. The highest BCUT2D eigenvalue weighted by Crippen LogP contribution is 2.16.